The fourth-order valence-corrected chi connectivity index (χ4v) is 2.47. The van der Waals surface area contributed by atoms with Gasteiger partial charge in [-0.05, 0) is 30.2 Å². The smallest absolute Gasteiger partial charge is 0.253 e. The summed E-state index contributed by atoms with van der Waals surface area (Å²) in [6.45, 7) is 0.987. The van der Waals surface area contributed by atoms with Gasteiger partial charge in [0, 0.05) is 24.3 Å². The second-order valence-electron chi connectivity index (χ2n) is 4.79. The van der Waals surface area contributed by atoms with Crippen molar-refractivity contribution in [3.8, 4) is 0 Å². The van der Waals surface area contributed by atoms with Crippen LogP contribution in [0, 0.1) is 0 Å². The van der Waals surface area contributed by atoms with E-state index < -0.39 is 6.10 Å². The van der Waals surface area contributed by atoms with Crippen LogP contribution in [0.4, 0.5) is 5.69 Å². The molecule has 94 valence electrons. The lowest BCUT2D eigenvalue weighted by Crippen LogP contribution is -2.29. The summed E-state index contributed by atoms with van der Waals surface area (Å²) in [4.78, 5) is 25.1. The van der Waals surface area contributed by atoms with Crippen molar-refractivity contribution in [2.24, 2.45) is 0 Å². The quantitative estimate of drug-likeness (QED) is 0.753. The zero-order chi connectivity index (χ0) is 12.7. The van der Waals surface area contributed by atoms with Gasteiger partial charge in [0.2, 0.25) is 5.91 Å². The molecule has 5 nitrogen and oxygen atoms in total. The van der Waals surface area contributed by atoms with Gasteiger partial charge in [-0.1, -0.05) is 0 Å². The molecule has 5 heteroatoms. The van der Waals surface area contributed by atoms with E-state index in [4.69, 9.17) is 0 Å². The highest BCUT2D eigenvalue weighted by Crippen LogP contribution is 2.25. The molecule has 0 aromatic heterocycles. The Morgan fingerprint density at radius 2 is 2.28 bits per heavy atom. The molecule has 3 rings (SSSR count). The fraction of sp³-hybridized carbons (Fsp3) is 0.385. The zero-order valence-corrected chi connectivity index (χ0v) is 9.85. The maximum atomic E-state index is 12.2. The van der Waals surface area contributed by atoms with Gasteiger partial charge in [-0.15, -0.1) is 0 Å². The number of benzene rings is 1. The lowest BCUT2D eigenvalue weighted by Gasteiger charge is -2.15. The number of amides is 2. The van der Waals surface area contributed by atoms with E-state index in [1.807, 2.05) is 0 Å². The molecule has 18 heavy (non-hydrogen) atoms. The molecule has 1 aromatic carbocycles. The molecule has 2 amide bonds. The predicted octanol–water partition coefficient (Wildman–Crippen LogP) is 0.388. The first-order valence-corrected chi connectivity index (χ1v) is 6.03. The number of nitrogens with zero attached hydrogens (tertiary/aromatic N) is 1. The van der Waals surface area contributed by atoms with Crippen LogP contribution in [0.5, 0.6) is 0 Å². The molecular formula is C13H14N2O3. The summed E-state index contributed by atoms with van der Waals surface area (Å²) in [5.41, 5.74) is 2.24. The number of fused-ring (bicyclic) bond motifs is 1. The Morgan fingerprint density at radius 1 is 1.44 bits per heavy atom. The van der Waals surface area contributed by atoms with Crippen molar-refractivity contribution in [3.05, 3.63) is 29.3 Å². The SMILES string of the molecule is O=C1Cc2cc(C(=O)N3CC[C@H](O)C3)ccc2N1. The number of hydrogen-bond acceptors (Lipinski definition) is 3. The van der Waals surface area contributed by atoms with Gasteiger partial charge >= 0.3 is 0 Å². The number of hydrogen-bond donors (Lipinski definition) is 2. The van der Waals surface area contributed by atoms with Gasteiger partial charge in [0.25, 0.3) is 5.91 Å². The molecular weight excluding hydrogens is 232 g/mol. The number of β-amino-alcohol motifs (C(OH)–C–C–N with tert-alkyl or cyclic N) is 1. The Labute approximate surface area is 104 Å². The summed E-state index contributed by atoms with van der Waals surface area (Å²) in [6.07, 6.45) is 0.558. The number of aliphatic hydroxyl groups is 1. The Bertz CT molecular complexity index is 527. The highest BCUT2D eigenvalue weighted by atomic mass is 16.3. The Kier molecular flexibility index (Phi) is 2.56. The van der Waals surface area contributed by atoms with E-state index in [1.54, 1.807) is 23.1 Å². The van der Waals surface area contributed by atoms with Crippen LogP contribution < -0.4 is 5.32 Å². The summed E-state index contributed by atoms with van der Waals surface area (Å²) in [7, 11) is 0. The van der Waals surface area contributed by atoms with Crippen molar-refractivity contribution in [2.45, 2.75) is 18.9 Å². The molecule has 2 heterocycles. The second kappa shape index (κ2) is 4.10. The minimum absolute atomic E-state index is 0.0359. The second-order valence-corrected chi connectivity index (χ2v) is 4.79. The van der Waals surface area contributed by atoms with Crippen molar-refractivity contribution in [1.82, 2.24) is 4.90 Å². The molecule has 2 aliphatic heterocycles. The Hall–Kier alpha value is -1.88. The number of rotatable bonds is 1. The largest absolute Gasteiger partial charge is 0.391 e. The average molecular weight is 246 g/mol. The third-order valence-corrected chi connectivity index (χ3v) is 3.43. The van der Waals surface area contributed by atoms with Crippen LogP contribution in [0.2, 0.25) is 0 Å². The molecule has 0 spiro atoms. The van der Waals surface area contributed by atoms with Crippen LogP contribution in [-0.4, -0.2) is 41.0 Å². The van der Waals surface area contributed by atoms with E-state index in [2.05, 4.69) is 5.32 Å². The number of carbonyl (C=O) groups is 2. The molecule has 0 saturated carbocycles. The van der Waals surface area contributed by atoms with Crippen LogP contribution in [0.25, 0.3) is 0 Å². The molecule has 1 saturated heterocycles. The van der Waals surface area contributed by atoms with Crippen molar-refractivity contribution in [3.63, 3.8) is 0 Å². The molecule has 0 radical (unpaired) electrons. The normalized spacial score (nSPS) is 21.9. The minimum Gasteiger partial charge on any atom is -0.391 e. The Morgan fingerprint density at radius 3 is 3.00 bits per heavy atom. The molecule has 0 bridgehead atoms. The van der Waals surface area contributed by atoms with E-state index in [0.717, 1.165) is 11.3 Å². The van der Waals surface area contributed by atoms with Crippen LogP contribution in [0.15, 0.2) is 18.2 Å². The highest BCUT2D eigenvalue weighted by molar-refractivity contribution is 6.01. The van der Waals surface area contributed by atoms with E-state index in [-0.39, 0.29) is 11.8 Å². The van der Waals surface area contributed by atoms with Gasteiger partial charge in [0.15, 0.2) is 0 Å². The van der Waals surface area contributed by atoms with Crippen LogP contribution in [-0.2, 0) is 11.2 Å². The highest BCUT2D eigenvalue weighted by Gasteiger charge is 2.26. The van der Waals surface area contributed by atoms with Crippen molar-refractivity contribution >= 4 is 17.5 Å². The number of aliphatic hydroxyl groups excluding tert-OH is 1. The molecule has 1 aromatic rings. The molecule has 2 aliphatic rings. The van der Waals surface area contributed by atoms with E-state index in [9.17, 15) is 14.7 Å². The van der Waals surface area contributed by atoms with Crippen LogP contribution in [0.1, 0.15) is 22.3 Å². The molecule has 2 N–H and O–H groups in total. The third-order valence-electron chi connectivity index (χ3n) is 3.43. The number of anilines is 1. The van der Waals surface area contributed by atoms with E-state index in [1.165, 1.54) is 0 Å². The molecule has 0 unspecified atom stereocenters. The lowest BCUT2D eigenvalue weighted by molar-refractivity contribution is -0.115. The van der Waals surface area contributed by atoms with E-state index in [0.29, 0.717) is 31.5 Å². The fourth-order valence-electron chi connectivity index (χ4n) is 2.47. The van der Waals surface area contributed by atoms with Crippen LogP contribution in [0.3, 0.4) is 0 Å². The van der Waals surface area contributed by atoms with Gasteiger partial charge < -0.3 is 15.3 Å². The van der Waals surface area contributed by atoms with E-state index >= 15 is 0 Å². The first-order valence-electron chi connectivity index (χ1n) is 6.03. The maximum absolute atomic E-state index is 12.2. The summed E-state index contributed by atoms with van der Waals surface area (Å²) < 4.78 is 0. The number of nitrogens with one attached hydrogen (secondary N) is 1. The van der Waals surface area contributed by atoms with Crippen LogP contribution >= 0.6 is 0 Å². The first-order chi connectivity index (χ1) is 8.63. The standard InChI is InChI=1S/C13H14N2O3/c16-10-3-4-15(7-10)13(18)8-1-2-11-9(5-8)6-12(17)14-11/h1-2,5,10,16H,3-4,6-7H2,(H,14,17)/t10-/m0/s1. The van der Waals surface area contributed by atoms with Gasteiger partial charge in [0.05, 0.1) is 12.5 Å². The minimum atomic E-state index is -0.411. The predicted molar refractivity (Wildman–Crippen MR) is 65.3 cm³/mol. The zero-order valence-electron chi connectivity index (χ0n) is 9.85. The summed E-state index contributed by atoms with van der Waals surface area (Å²) in [5, 5.41) is 12.2. The molecule has 1 fully saturated rings. The van der Waals surface area contributed by atoms with Gasteiger partial charge in [-0.3, -0.25) is 9.59 Å². The Balaban J connectivity index is 1.83. The van der Waals surface area contributed by atoms with Crippen molar-refractivity contribution in [2.75, 3.05) is 18.4 Å². The first kappa shape index (κ1) is 11.2. The topological polar surface area (TPSA) is 69.6 Å². The number of carbonyl (C=O) groups excluding carboxylic acids is 2. The third kappa shape index (κ3) is 1.86. The maximum Gasteiger partial charge on any atom is 0.253 e. The molecule has 0 aliphatic carbocycles. The van der Waals surface area contributed by atoms with Crippen molar-refractivity contribution < 1.29 is 14.7 Å². The summed E-state index contributed by atoms with van der Waals surface area (Å²) in [6, 6.07) is 5.25. The number of likely N-dealkylation sites (tertiary alicyclic amines) is 1. The summed E-state index contributed by atoms with van der Waals surface area (Å²) >= 11 is 0. The van der Waals surface area contributed by atoms with Gasteiger partial charge in [-0.2, -0.15) is 0 Å². The lowest BCUT2D eigenvalue weighted by atomic mass is 10.1. The monoisotopic (exact) mass is 246 g/mol. The average Bonchev–Trinajstić information content (AvgIpc) is 2.92. The molecule has 1 atom stereocenters. The van der Waals surface area contributed by atoms with Crippen molar-refractivity contribution in [1.29, 1.82) is 0 Å². The van der Waals surface area contributed by atoms with Gasteiger partial charge in [0.1, 0.15) is 0 Å². The summed E-state index contributed by atoms with van der Waals surface area (Å²) in [5.74, 6) is -0.111. The van der Waals surface area contributed by atoms with Gasteiger partial charge in [-0.25, -0.2) is 0 Å².